The Morgan fingerprint density at radius 2 is 1.35 bits per heavy atom. The highest BCUT2D eigenvalue weighted by atomic mass is 16.5. The summed E-state index contributed by atoms with van der Waals surface area (Å²) in [5.41, 5.74) is 3.39. The van der Waals surface area contributed by atoms with E-state index in [1.165, 1.54) is 63.4 Å². The summed E-state index contributed by atoms with van der Waals surface area (Å²) in [5, 5.41) is 9.78. The minimum Gasteiger partial charge on any atom is -0.424 e. The van der Waals surface area contributed by atoms with Gasteiger partial charge in [-0.2, -0.15) is 5.26 Å². The van der Waals surface area contributed by atoms with E-state index in [4.69, 9.17) is 4.74 Å². The first kappa shape index (κ1) is 29.0. The molecule has 1 saturated carbocycles. The SMILES string of the molecule is CCCCCCCCc1ccc(C2(C(=O)Oc3ccc(CCCCCC)cc3C#N)CCCCC2)cc1. The van der Waals surface area contributed by atoms with Crippen LogP contribution in [0.25, 0.3) is 0 Å². The van der Waals surface area contributed by atoms with E-state index in [0.29, 0.717) is 11.3 Å². The van der Waals surface area contributed by atoms with Gasteiger partial charge in [0.15, 0.2) is 0 Å². The van der Waals surface area contributed by atoms with Gasteiger partial charge in [0, 0.05) is 0 Å². The minimum absolute atomic E-state index is 0.205. The first-order chi connectivity index (χ1) is 18.1. The molecular weight excluding hydrogens is 454 g/mol. The normalized spacial score (nSPS) is 14.7. The molecule has 1 aliphatic rings. The van der Waals surface area contributed by atoms with Crippen LogP contribution >= 0.6 is 0 Å². The Kier molecular flexibility index (Phi) is 12.2. The number of carbonyl (C=O) groups excluding carboxylic acids is 1. The fraction of sp³-hybridized carbons (Fsp3) is 0.588. The maximum absolute atomic E-state index is 13.7. The highest BCUT2D eigenvalue weighted by molar-refractivity contribution is 5.85. The predicted molar refractivity (Wildman–Crippen MR) is 153 cm³/mol. The summed E-state index contributed by atoms with van der Waals surface area (Å²) in [4.78, 5) is 13.7. The number of carbonyl (C=O) groups is 1. The van der Waals surface area contributed by atoms with Gasteiger partial charge in [-0.3, -0.25) is 4.79 Å². The van der Waals surface area contributed by atoms with Crippen LogP contribution in [0.15, 0.2) is 42.5 Å². The third-order valence-corrected chi connectivity index (χ3v) is 8.11. The van der Waals surface area contributed by atoms with Crippen molar-refractivity contribution in [3.8, 4) is 11.8 Å². The van der Waals surface area contributed by atoms with Gasteiger partial charge in [0.1, 0.15) is 11.8 Å². The number of nitriles is 1. The largest absolute Gasteiger partial charge is 0.424 e. The molecule has 3 heteroatoms. The number of hydrogen-bond acceptors (Lipinski definition) is 3. The van der Waals surface area contributed by atoms with Gasteiger partial charge in [-0.1, -0.05) is 115 Å². The zero-order valence-corrected chi connectivity index (χ0v) is 23.3. The van der Waals surface area contributed by atoms with Crippen molar-refractivity contribution >= 4 is 5.97 Å². The van der Waals surface area contributed by atoms with Crippen LogP contribution in [0.4, 0.5) is 0 Å². The molecule has 0 amide bonds. The summed E-state index contributed by atoms with van der Waals surface area (Å²) in [6.07, 6.45) is 19.4. The average Bonchev–Trinajstić information content (AvgIpc) is 2.94. The van der Waals surface area contributed by atoms with Crippen LogP contribution in [0.2, 0.25) is 0 Å². The lowest BCUT2D eigenvalue weighted by Crippen LogP contribution is -2.41. The van der Waals surface area contributed by atoms with Gasteiger partial charge in [-0.25, -0.2) is 0 Å². The number of rotatable bonds is 15. The molecule has 37 heavy (non-hydrogen) atoms. The molecule has 1 aliphatic carbocycles. The number of nitrogens with zero attached hydrogens (tertiary/aromatic N) is 1. The maximum atomic E-state index is 13.7. The van der Waals surface area contributed by atoms with Crippen LogP contribution in [0.3, 0.4) is 0 Å². The Morgan fingerprint density at radius 3 is 2.00 bits per heavy atom. The molecule has 0 aromatic heterocycles. The lowest BCUT2D eigenvalue weighted by Gasteiger charge is -2.35. The summed E-state index contributed by atoms with van der Waals surface area (Å²) in [7, 11) is 0. The Hall–Kier alpha value is -2.60. The Bertz CT molecular complexity index is 995. The summed E-state index contributed by atoms with van der Waals surface area (Å²) < 4.78 is 6.01. The van der Waals surface area contributed by atoms with Crippen LogP contribution in [-0.4, -0.2) is 5.97 Å². The van der Waals surface area contributed by atoms with Crippen molar-refractivity contribution in [3.05, 3.63) is 64.7 Å². The average molecular weight is 502 g/mol. The van der Waals surface area contributed by atoms with Crippen LogP contribution < -0.4 is 4.74 Å². The molecule has 2 aromatic carbocycles. The van der Waals surface area contributed by atoms with Crippen molar-refractivity contribution in [2.75, 3.05) is 0 Å². The molecule has 0 heterocycles. The van der Waals surface area contributed by atoms with Gasteiger partial charge in [0.25, 0.3) is 0 Å². The first-order valence-corrected chi connectivity index (χ1v) is 15.0. The molecule has 0 spiro atoms. The van der Waals surface area contributed by atoms with Crippen LogP contribution in [0, 0.1) is 11.3 Å². The molecule has 0 N–H and O–H groups in total. The fourth-order valence-corrected chi connectivity index (χ4v) is 5.73. The third kappa shape index (κ3) is 8.46. The fourth-order valence-electron chi connectivity index (χ4n) is 5.73. The van der Waals surface area contributed by atoms with Gasteiger partial charge < -0.3 is 4.74 Å². The van der Waals surface area contributed by atoms with E-state index in [1.807, 2.05) is 18.2 Å². The van der Waals surface area contributed by atoms with E-state index >= 15 is 0 Å². The van der Waals surface area contributed by atoms with Crippen LogP contribution in [0.1, 0.15) is 132 Å². The number of ether oxygens (including phenoxy) is 1. The molecule has 0 unspecified atom stereocenters. The van der Waals surface area contributed by atoms with Crippen molar-refractivity contribution < 1.29 is 9.53 Å². The Labute approximate surface area is 225 Å². The van der Waals surface area contributed by atoms with Gasteiger partial charge in [0.05, 0.1) is 11.0 Å². The van der Waals surface area contributed by atoms with E-state index in [-0.39, 0.29) is 5.97 Å². The summed E-state index contributed by atoms with van der Waals surface area (Å²) in [6, 6.07) is 16.7. The second kappa shape index (κ2) is 15.6. The summed E-state index contributed by atoms with van der Waals surface area (Å²) in [5.74, 6) is 0.192. The molecule has 3 nitrogen and oxygen atoms in total. The van der Waals surface area contributed by atoms with E-state index in [0.717, 1.165) is 62.5 Å². The number of hydrogen-bond donors (Lipinski definition) is 0. The van der Waals surface area contributed by atoms with E-state index < -0.39 is 5.41 Å². The van der Waals surface area contributed by atoms with Crippen molar-refractivity contribution in [2.45, 2.75) is 128 Å². The number of unbranched alkanes of at least 4 members (excludes halogenated alkanes) is 8. The lowest BCUT2D eigenvalue weighted by atomic mass is 9.69. The second-order valence-electron chi connectivity index (χ2n) is 11.0. The highest BCUT2D eigenvalue weighted by Crippen LogP contribution is 2.41. The molecule has 0 saturated heterocycles. The van der Waals surface area contributed by atoms with E-state index in [9.17, 15) is 10.1 Å². The monoisotopic (exact) mass is 501 g/mol. The molecule has 0 bridgehead atoms. The number of esters is 1. The molecule has 0 atom stereocenters. The molecule has 3 rings (SSSR count). The lowest BCUT2D eigenvalue weighted by molar-refractivity contribution is -0.142. The Balaban J connectivity index is 1.68. The first-order valence-electron chi connectivity index (χ1n) is 15.0. The van der Waals surface area contributed by atoms with Gasteiger partial charge in [-0.15, -0.1) is 0 Å². The van der Waals surface area contributed by atoms with Crippen molar-refractivity contribution in [2.24, 2.45) is 0 Å². The third-order valence-electron chi connectivity index (χ3n) is 8.11. The highest BCUT2D eigenvalue weighted by Gasteiger charge is 2.43. The molecular formula is C34H47NO2. The van der Waals surface area contributed by atoms with Gasteiger partial charge >= 0.3 is 5.97 Å². The smallest absolute Gasteiger partial charge is 0.321 e. The van der Waals surface area contributed by atoms with Crippen molar-refractivity contribution in [1.82, 2.24) is 0 Å². The number of aryl methyl sites for hydroxylation is 2. The topological polar surface area (TPSA) is 50.1 Å². The zero-order chi connectivity index (χ0) is 26.3. The Morgan fingerprint density at radius 1 is 0.784 bits per heavy atom. The van der Waals surface area contributed by atoms with Crippen LogP contribution in [0.5, 0.6) is 5.75 Å². The van der Waals surface area contributed by atoms with E-state index in [1.54, 1.807) is 0 Å². The quantitative estimate of drug-likeness (QED) is 0.139. The maximum Gasteiger partial charge on any atom is 0.321 e. The van der Waals surface area contributed by atoms with Gasteiger partial charge in [-0.05, 0) is 67.3 Å². The van der Waals surface area contributed by atoms with E-state index in [2.05, 4.69) is 44.2 Å². The molecule has 0 radical (unpaired) electrons. The van der Waals surface area contributed by atoms with Gasteiger partial charge in [0.2, 0.25) is 0 Å². The zero-order valence-electron chi connectivity index (χ0n) is 23.3. The molecule has 1 fully saturated rings. The van der Waals surface area contributed by atoms with Crippen molar-refractivity contribution in [1.29, 1.82) is 5.26 Å². The molecule has 2 aromatic rings. The molecule has 200 valence electrons. The minimum atomic E-state index is -0.623. The van der Waals surface area contributed by atoms with Crippen LogP contribution in [-0.2, 0) is 23.1 Å². The number of benzene rings is 2. The summed E-state index contributed by atoms with van der Waals surface area (Å²) in [6.45, 7) is 4.46. The molecule has 0 aliphatic heterocycles. The van der Waals surface area contributed by atoms with Crippen molar-refractivity contribution in [3.63, 3.8) is 0 Å². The summed E-state index contributed by atoms with van der Waals surface area (Å²) >= 11 is 0. The second-order valence-corrected chi connectivity index (χ2v) is 11.0. The predicted octanol–water partition coefficient (Wildman–Crippen LogP) is 9.39. The standard InChI is InChI=1S/C34H47NO2/c1-3-5-7-9-10-13-16-28-18-21-31(22-19-28)34(24-14-11-15-25-34)33(36)37-32-23-20-29(26-30(32)27-35)17-12-8-6-4-2/h18-23,26H,3-17,24-25H2,1-2H3.